The summed E-state index contributed by atoms with van der Waals surface area (Å²) in [6.45, 7) is 3.01. The quantitative estimate of drug-likeness (QED) is 0.705. The Labute approximate surface area is 117 Å². The standard InChI is InChI=1S/C15H23NO.ClH/c1-4-5-6-13-7-9-14(10-8-13)15(17)11-12-16(2)3;/h7-10H,4-6,11-12H2,1-3H3;1H. The first kappa shape index (κ1) is 17.1. The normalized spacial score (nSPS) is 10.2. The van der Waals surface area contributed by atoms with Gasteiger partial charge in [0.05, 0.1) is 0 Å². The molecular weight excluding hydrogens is 246 g/mol. The summed E-state index contributed by atoms with van der Waals surface area (Å²) in [5.74, 6) is 0.237. The van der Waals surface area contributed by atoms with E-state index in [0.29, 0.717) is 6.42 Å². The molecule has 0 fully saturated rings. The van der Waals surface area contributed by atoms with E-state index in [9.17, 15) is 4.79 Å². The predicted molar refractivity (Wildman–Crippen MR) is 79.8 cm³/mol. The van der Waals surface area contributed by atoms with Gasteiger partial charge in [-0.25, -0.2) is 0 Å². The van der Waals surface area contributed by atoms with E-state index in [2.05, 4.69) is 19.1 Å². The van der Waals surface area contributed by atoms with Gasteiger partial charge in [0.1, 0.15) is 0 Å². The lowest BCUT2D eigenvalue weighted by Gasteiger charge is -2.08. The number of halogens is 1. The first-order valence-electron chi connectivity index (χ1n) is 6.40. The van der Waals surface area contributed by atoms with Crippen molar-refractivity contribution in [2.45, 2.75) is 32.6 Å². The topological polar surface area (TPSA) is 20.3 Å². The first-order chi connectivity index (χ1) is 8.13. The number of benzene rings is 1. The molecule has 0 saturated carbocycles. The van der Waals surface area contributed by atoms with Crippen molar-refractivity contribution in [1.29, 1.82) is 0 Å². The summed E-state index contributed by atoms with van der Waals surface area (Å²) in [5.41, 5.74) is 2.17. The number of carbonyl (C=O) groups is 1. The molecular formula is C15H24ClNO. The van der Waals surface area contributed by atoms with Gasteiger partial charge in [-0.1, -0.05) is 37.6 Å². The SMILES string of the molecule is CCCCc1ccc(C(=O)CCN(C)C)cc1.Cl. The van der Waals surface area contributed by atoms with Gasteiger partial charge < -0.3 is 4.90 Å². The monoisotopic (exact) mass is 269 g/mol. The highest BCUT2D eigenvalue weighted by Gasteiger charge is 2.05. The molecule has 1 rings (SSSR count). The smallest absolute Gasteiger partial charge is 0.164 e. The largest absolute Gasteiger partial charge is 0.309 e. The number of hydrogen-bond donors (Lipinski definition) is 0. The number of ketones is 1. The number of unbranched alkanes of at least 4 members (excludes halogenated alkanes) is 1. The van der Waals surface area contributed by atoms with Gasteiger partial charge in [-0.3, -0.25) is 4.79 Å². The molecule has 0 N–H and O–H groups in total. The number of rotatable bonds is 7. The number of hydrogen-bond acceptors (Lipinski definition) is 2. The molecule has 1 aromatic carbocycles. The molecule has 0 heterocycles. The van der Waals surface area contributed by atoms with Crippen molar-refractivity contribution in [1.82, 2.24) is 4.90 Å². The van der Waals surface area contributed by atoms with E-state index >= 15 is 0 Å². The third-order valence-electron chi connectivity index (χ3n) is 2.88. The molecule has 18 heavy (non-hydrogen) atoms. The maximum atomic E-state index is 11.8. The van der Waals surface area contributed by atoms with Crippen molar-refractivity contribution in [2.75, 3.05) is 20.6 Å². The van der Waals surface area contributed by atoms with Crippen LogP contribution < -0.4 is 0 Å². The van der Waals surface area contributed by atoms with Crippen LogP contribution in [0.25, 0.3) is 0 Å². The average Bonchev–Trinajstić information content (AvgIpc) is 2.34. The van der Waals surface area contributed by atoms with E-state index in [4.69, 9.17) is 0 Å². The van der Waals surface area contributed by atoms with Crippen LogP contribution >= 0.6 is 12.4 Å². The van der Waals surface area contributed by atoms with Crippen LogP contribution in [0.3, 0.4) is 0 Å². The maximum Gasteiger partial charge on any atom is 0.164 e. The Morgan fingerprint density at radius 1 is 1.17 bits per heavy atom. The van der Waals surface area contributed by atoms with Crippen LogP contribution in [0.15, 0.2) is 24.3 Å². The van der Waals surface area contributed by atoms with Gasteiger partial charge in [0.15, 0.2) is 5.78 Å². The molecule has 0 saturated heterocycles. The van der Waals surface area contributed by atoms with Crippen molar-refractivity contribution in [3.05, 3.63) is 35.4 Å². The zero-order valence-corrected chi connectivity index (χ0v) is 12.4. The minimum Gasteiger partial charge on any atom is -0.309 e. The summed E-state index contributed by atoms with van der Waals surface area (Å²) in [6, 6.07) is 8.09. The molecule has 0 amide bonds. The zero-order chi connectivity index (χ0) is 12.7. The fraction of sp³-hybridized carbons (Fsp3) is 0.533. The third-order valence-corrected chi connectivity index (χ3v) is 2.88. The molecule has 0 aliphatic rings. The maximum absolute atomic E-state index is 11.8. The molecule has 0 radical (unpaired) electrons. The van der Waals surface area contributed by atoms with Crippen molar-refractivity contribution >= 4 is 18.2 Å². The summed E-state index contributed by atoms with van der Waals surface area (Å²) in [7, 11) is 3.97. The second kappa shape index (κ2) is 9.12. The zero-order valence-electron chi connectivity index (χ0n) is 11.6. The molecule has 0 aromatic heterocycles. The number of nitrogens with zero attached hydrogens (tertiary/aromatic N) is 1. The van der Waals surface area contributed by atoms with Gasteiger partial charge >= 0.3 is 0 Å². The summed E-state index contributed by atoms with van der Waals surface area (Å²) in [6.07, 6.45) is 4.14. The molecule has 3 heteroatoms. The van der Waals surface area contributed by atoms with Crippen molar-refractivity contribution in [2.24, 2.45) is 0 Å². The van der Waals surface area contributed by atoms with Gasteiger partial charge in [0.25, 0.3) is 0 Å². The van der Waals surface area contributed by atoms with Gasteiger partial charge in [0, 0.05) is 18.5 Å². The van der Waals surface area contributed by atoms with Crippen molar-refractivity contribution < 1.29 is 4.79 Å². The van der Waals surface area contributed by atoms with E-state index in [0.717, 1.165) is 18.5 Å². The molecule has 0 unspecified atom stereocenters. The molecule has 0 aliphatic heterocycles. The molecule has 0 spiro atoms. The highest BCUT2D eigenvalue weighted by Crippen LogP contribution is 2.09. The number of Topliss-reactive ketones (excluding diaryl/α,β-unsaturated/α-hetero) is 1. The van der Waals surface area contributed by atoms with E-state index in [1.54, 1.807) is 0 Å². The van der Waals surface area contributed by atoms with Gasteiger partial charge in [-0.15, -0.1) is 12.4 Å². The average molecular weight is 270 g/mol. The lowest BCUT2D eigenvalue weighted by molar-refractivity contribution is 0.0972. The Morgan fingerprint density at radius 2 is 1.78 bits per heavy atom. The van der Waals surface area contributed by atoms with Crippen LogP contribution in [0, 0.1) is 0 Å². The van der Waals surface area contributed by atoms with E-state index in [-0.39, 0.29) is 18.2 Å². The highest BCUT2D eigenvalue weighted by atomic mass is 35.5. The van der Waals surface area contributed by atoms with Crippen LogP contribution in [-0.4, -0.2) is 31.3 Å². The van der Waals surface area contributed by atoms with E-state index in [1.165, 1.54) is 18.4 Å². The van der Waals surface area contributed by atoms with Crippen LogP contribution in [0.2, 0.25) is 0 Å². The van der Waals surface area contributed by atoms with Gasteiger partial charge in [0.2, 0.25) is 0 Å². The minimum atomic E-state index is 0. The molecule has 102 valence electrons. The molecule has 0 aliphatic carbocycles. The van der Waals surface area contributed by atoms with Crippen LogP contribution in [0.5, 0.6) is 0 Å². The van der Waals surface area contributed by atoms with E-state index < -0.39 is 0 Å². The second-order valence-corrected chi connectivity index (χ2v) is 4.78. The van der Waals surface area contributed by atoms with Crippen molar-refractivity contribution in [3.63, 3.8) is 0 Å². The van der Waals surface area contributed by atoms with Crippen LogP contribution in [0.4, 0.5) is 0 Å². The fourth-order valence-corrected chi connectivity index (χ4v) is 1.71. The van der Waals surface area contributed by atoms with Gasteiger partial charge in [-0.05, 0) is 32.5 Å². The van der Waals surface area contributed by atoms with Crippen LogP contribution in [-0.2, 0) is 6.42 Å². The summed E-state index contributed by atoms with van der Waals surface area (Å²) >= 11 is 0. The molecule has 2 nitrogen and oxygen atoms in total. The summed E-state index contributed by atoms with van der Waals surface area (Å²) in [4.78, 5) is 13.9. The Kier molecular flexibility index (Phi) is 8.69. The lowest BCUT2D eigenvalue weighted by Crippen LogP contribution is -2.16. The lowest BCUT2D eigenvalue weighted by atomic mass is 10.0. The summed E-state index contributed by atoms with van der Waals surface area (Å²) < 4.78 is 0. The second-order valence-electron chi connectivity index (χ2n) is 4.78. The fourth-order valence-electron chi connectivity index (χ4n) is 1.71. The van der Waals surface area contributed by atoms with Crippen LogP contribution in [0.1, 0.15) is 42.1 Å². The predicted octanol–water partition coefficient (Wildman–Crippen LogP) is 3.59. The summed E-state index contributed by atoms with van der Waals surface area (Å²) in [5, 5.41) is 0. The third kappa shape index (κ3) is 6.18. The number of aryl methyl sites for hydroxylation is 1. The molecule has 0 bridgehead atoms. The Bertz CT molecular complexity index is 346. The highest BCUT2D eigenvalue weighted by molar-refractivity contribution is 5.96. The van der Waals surface area contributed by atoms with Crippen molar-refractivity contribution in [3.8, 4) is 0 Å². The van der Waals surface area contributed by atoms with Gasteiger partial charge in [-0.2, -0.15) is 0 Å². The Hall–Kier alpha value is -0.860. The first-order valence-corrected chi connectivity index (χ1v) is 6.40. The van der Waals surface area contributed by atoms with E-state index in [1.807, 2.05) is 31.1 Å². The molecule has 0 atom stereocenters. The Balaban J connectivity index is 0.00000289. The molecule has 1 aromatic rings. The Morgan fingerprint density at radius 3 is 2.28 bits per heavy atom. The number of carbonyl (C=O) groups excluding carboxylic acids is 1. The minimum absolute atomic E-state index is 0.